The van der Waals surface area contributed by atoms with E-state index in [1.165, 1.54) is 0 Å². The first-order chi connectivity index (χ1) is 11.3. The number of ether oxygens (including phenoxy) is 1. The molecule has 0 aromatic carbocycles. The van der Waals surface area contributed by atoms with Crippen molar-refractivity contribution in [2.45, 2.75) is 25.9 Å². The summed E-state index contributed by atoms with van der Waals surface area (Å²) in [4.78, 5) is 6.72. The van der Waals surface area contributed by atoms with Gasteiger partial charge in [0.1, 0.15) is 5.15 Å². The molecule has 0 bridgehead atoms. The van der Waals surface area contributed by atoms with Gasteiger partial charge in [-0.15, -0.1) is 0 Å². The van der Waals surface area contributed by atoms with Gasteiger partial charge in [0.05, 0.1) is 24.8 Å². The van der Waals surface area contributed by atoms with Crippen LogP contribution in [-0.4, -0.2) is 60.9 Å². The number of hydrogen-bond acceptors (Lipinski definition) is 3. The van der Waals surface area contributed by atoms with Gasteiger partial charge in [-0.2, -0.15) is 0 Å². The SMILES string of the molecule is CN=C(NCc1cc(Cl)c(Cl)n1C)NCC(C)(C)N1CCOCC1. The summed E-state index contributed by atoms with van der Waals surface area (Å²) < 4.78 is 7.29. The van der Waals surface area contributed by atoms with Gasteiger partial charge in [0.25, 0.3) is 0 Å². The van der Waals surface area contributed by atoms with Gasteiger partial charge in [-0.3, -0.25) is 9.89 Å². The van der Waals surface area contributed by atoms with Crippen LogP contribution in [0, 0.1) is 0 Å². The Morgan fingerprint density at radius 1 is 1.29 bits per heavy atom. The molecular formula is C16H27Cl2N5O. The average molecular weight is 376 g/mol. The van der Waals surface area contributed by atoms with Gasteiger partial charge in [0.2, 0.25) is 0 Å². The Hall–Kier alpha value is -0.950. The number of aliphatic imine (C=N–C) groups is 1. The normalized spacial score (nSPS) is 17.2. The van der Waals surface area contributed by atoms with Crippen LogP contribution in [0.2, 0.25) is 10.2 Å². The molecule has 136 valence electrons. The highest BCUT2D eigenvalue weighted by atomic mass is 35.5. The summed E-state index contributed by atoms with van der Waals surface area (Å²) in [5.41, 5.74) is 1.03. The Labute approximate surface area is 154 Å². The van der Waals surface area contributed by atoms with Crippen molar-refractivity contribution in [3.63, 3.8) is 0 Å². The van der Waals surface area contributed by atoms with E-state index in [1.807, 2.05) is 17.7 Å². The fourth-order valence-electron chi connectivity index (χ4n) is 2.73. The second-order valence-electron chi connectivity index (χ2n) is 6.52. The third-order valence-corrected chi connectivity index (χ3v) is 5.27. The van der Waals surface area contributed by atoms with E-state index in [9.17, 15) is 0 Å². The summed E-state index contributed by atoms with van der Waals surface area (Å²) in [6.45, 7) is 9.37. The number of rotatable bonds is 5. The maximum absolute atomic E-state index is 6.10. The highest BCUT2D eigenvalue weighted by molar-refractivity contribution is 6.41. The summed E-state index contributed by atoms with van der Waals surface area (Å²) in [6, 6.07) is 1.86. The van der Waals surface area contributed by atoms with Crippen molar-refractivity contribution in [1.82, 2.24) is 20.1 Å². The first kappa shape index (κ1) is 19.4. The standard InChI is InChI=1S/C16H27Cl2N5O/c1-16(2,23-5-7-24-8-6-23)11-21-15(19-3)20-10-12-9-13(17)14(18)22(12)4/h9H,5-8,10-11H2,1-4H3,(H2,19,20,21). The van der Waals surface area contributed by atoms with E-state index in [0.717, 1.165) is 44.5 Å². The molecule has 0 unspecified atom stereocenters. The van der Waals surface area contributed by atoms with E-state index in [1.54, 1.807) is 7.05 Å². The molecule has 0 radical (unpaired) electrons. The van der Waals surface area contributed by atoms with Gasteiger partial charge in [-0.25, -0.2) is 0 Å². The van der Waals surface area contributed by atoms with Crippen molar-refractivity contribution < 1.29 is 4.74 Å². The molecule has 6 nitrogen and oxygen atoms in total. The van der Waals surface area contributed by atoms with Crippen LogP contribution in [0.3, 0.4) is 0 Å². The lowest BCUT2D eigenvalue weighted by Gasteiger charge is -2.41. The smallest absolute Gasteiger partial charge is 0.191 e. The monoisotopic (exact) mass is 375 g/mol. The van der Waals surface area contributed by atoms with Gasteiger partial charge >= 0.3 is 0 Å². The van der Waals surface area contributed by atoms with Crippen LogP contribution in [0.4, 0.5) is 0 Å². The lowest BCUT2D eigenvalue weighted by molar-refractivity contribution is -0.00834. The molecule has 24 heavy (non-hydrogen) atoms. The van der Waals surface area contributed by atoms with Crippen molar-refractivity contribution in [3.05, 3.63) is 21.9 Å². The summed E-state index contributed by atoms with van der Waals surface area (Å²) in [5.74, 6) is 0.754. The molecule has 0 amide bonds. The van der Waals surface area contributed by atoms with Gasteiger partial charge in [-0.05, 0) is 19.9 Å². The Bertz CT molecular complexity index is 579. The van der Waals surface area contributed by atoms with E-state index in [0.29, 0.717) is 16.7 Å². The molecule has 1 fully saturated rings. The van der Waals surface area contributed by atoms with Crippen LogP contribution in [0.25, 0.3) is 0 Å². The molecule has 0 saturated carbocycles. The molecule has 1 aromatic rings. The van der Waals surface area contributed by atoms with E-state index < -0.39 is 0 Å². The van der Waals surface area contributed by atoms with E-state index >= 15 is 0 Å². The van der Waals surface area contributed by atoms with Crippen LogP contribution in [0.15, 0.2) is 11.1 Å². The van der Waals surface area contributed by atoms with Gasteiger partial charge in [-0.1, -0.05) is 23.2 Å². The zero-order valence-electron chi connectivity index (χ0n) is 14.8. The predicted molar refractivity (Wildman–Crippen MR) is 100 cm³/mol. The molecular weight excluding hydrogens is 349 g/mol. The van der Waals surface area contributed by atoms with E-state index in [2.05, 4.69) is 34.4 Å². The van der Waals surface area contributed by atoms with Crippen molar-refractivity contribution in [2.75, 3.05) is 39.9 Å². The summed E-state index contributed by atoms with van der Waals surface area (Å²) in [5, 5.41) is 7.81. The van der Waals surface area contributed by atoms with Crippen LogP contribution in [0.5, 0.6) is 0 Å². The Morgan fingerprint density at radius 3 is 2.50 bits per heavy atom. The lowest BCUT2D eigenvalue weighted by atomic mass is 10.0. The zero-order valence-corrected chi connectivity index (χ0v) is 16.3. The first-order valence-corrected chi connectivity index (χ1v) is 8.87. The number of morpholine rings is 1. The topological polar surface area (TPSA) is 53.8 Å². The lowest BCUT2D eigenvalue weighted by Crippen LogP contribution is -2.56. The summed E-state index contributed by atoms with van der Waals surface area (Å²) in [6.07, 6.45) is 0. The molecule has 0 atom stereocenters. The zero-order chi connectivity index (χ0) is 17.7. The number of aromatic nitrogens is 1. The Morgan fingerprint density at radius 2 is 1.96 bits per heavy atom. The average Bonchev–Trinajstić information content (AvgIpc) is 2.83. The molecule has 1 aromatic heterocycles. The van der Waals surface area contributed by atoms with Gasteiger partial charge in [0, 0.05) is 45.0 Å². The molecule has 2 rings (SSSR count). The minimum absolute atomic E-state index is 0.0268. The number of guanidine groups is 1. The fraction of sp³-hybridized carbons (Fsp3) is 0.688. The number of halogens is 2. The second-order valence-corrected chi connectivity index (χ2v) is 7.29. The second kappa shape index (κ2) is 8.43. The van der Waals surface area contributed by atoms with Crippen molar-refractivity contribution in [2.24, 2.45) is 12.0 Å². The fourth-order valence-corrected chi connectivity index (χ4v) is 3.15. The molecule has 0 aliphatic carbocycles. The van der Waals surface area contributed by atoms with Gasteiger partial charge < -0.3 is 19.9 Å². The first-order valence-electron chi connectivity index (χ1n) is 8.12. The van der Waals surface area contributed by atoms with Crippen molar-refractivity contribution >= 4 is 29.2 Å². The number of nitrogens with one attached hydrogen (secondary N) is 2. The maximum atomic E-state index is 6.10. The maximum Gasteiger partial charge on any atom is 0.191 e. The summed E-state index contributed by atoms with van der Waals surface area (Å²) >= 11 is 12.1. The van der Waals surface area contributed by atoms with Crippen LogP contribution < -0.4 is 10.6 Å². The van der Waals surface area contributed by atoms with E-state index in [-0.39, 0.29) is 5.54 Å². The predicted octanol–water partition coefficient (Wildman–Crippen LogP) is 2.11. The number of nitrogens with zero attached hydrogens (tertiary/aromatic N) is 3. The Kier molecular flexibility index (Phi) is 6.80. The minimum Gasteiger partial charge on any atom is -0.379 e. The Balaban J connectivity index is 1.86. The van der Waals surface area contributed by atoms with Crippen molar-refractivity contribution in [1.29, 1.82) is 0 Å². The highest BCUT2D eigenvalue weighted by Gasteiger charge is 2.28. The molecule has 2 N–H and O–H groups in total. The molecule has 0 spiro atoms. The van der Waals surface area contributed by atoms with Gasteiger partial charge in [0.15, 0.2) is 5.96 Å². The van der Waals surface area contributed by atoms with Crippen LogP contribution in [-0.2, 0) is 18.3 Å². The van der Waals surface area contributed by atoms with Crippen LogP contribution in [0.1, 0.15) is 19.5 Å². The molecule has 8 heteroatoms. The minimum atomic E-state index is 0.0268. The molecule has 1 aliphatic heterocycles. The highest BCUT2D eigenvalue weighted by Crippen LogP contribution is 2.24. The summed E-state index contributed by atoms with van der Waals surface area (Å²) in [7, 11) is 3.66. The number of hydrogen-bond donors (Lipinski definition) is 2. The van der Waals surface area contributed by atoms with Crippen molar-refractivity contribution in [3.8, 4) is 0 Å². The van der Waals surface area contributed by atoms with Crippen LogP contribution >= 0.6 is 23.2 Å². The molecule has 1 saturated heterocycles. The quantitative estimate of drug-likeness (QED) is 0.611. The molecule has 1 aliphatic rings. The largest absolute Gasteiger partial charge is 0.379 e. The third-order valence-electron chi connectivity index (χ3n) is 4.43. The third kappa shape index (κ3) is 4.79. The molecule has 2 heterocycles. The van der Waals surface area contributed by atoms with E-state index in [4.69, 9.17) is 27.9 Å².